The molecule has 1 aromatic rings. The molecule has 1 aliphatic rings. The molecule has 2 heteroatoms. The van der Waals surface area contributed by atoms with Gasteiger partial charge >= 0.3 is 0 Å². The molecular weight excluding hydrogens is 150 g/mol. The summed E-state index contributed by atoms with van der Waals surface area (Å²) in [6.07, 6.45) is 1.92. The topological polar surface area (TPSA) is 20.3 Å². The van der Waals surface area contributed by atoms with E-state index in [9.17, 15) is 4.79 Å². The van der Waals surface area contributed by atoms with Gasteiger partial charge in [-0.05, 0) is 11.1 Å². The van der Waals surface area contributed by atoms with Crippen molar-refractivity contribution in [3.8, 4) is 0 Å². The van der Waals surface area contributed by atoms with Crippen molar-refractivity contribution in [1.82, 2.24) is 4.90 Å². The van der Waals surface area contributed by atoms with Crippen molar-refractivity contribution in [3.63, 3.8) is 0 Å². The van der Waals surface area contributed by atoms with Gasteiger partial charge in [0, 0.05) is 13.1 Å². The second-order valence-electron chi connectivity index (χ2n) is 3.06. The summed E-state index contributed by atoms with van der Waals surface area (Å²) >= 11 is 0. The van der Waals surface area contributed by atoms with Gasteiger partial charge in [0.25, 0.3) is 0 Å². The van der Waals surface area contributed by atoms with E-state index in [1.165, 1.54) is 11.1 Å². The van der Waals surface area contributed by atoms with E-state index >= 15 is 0 Å². The molecule has 1 radical (unpaired) electrons. The highest BCUT2D eigenvalue weighted by Crippen LogP contribution is 2.20. The summed E-state index contributed by atoms with van der Waals surface area (Å²) in [5.74, 6) is 0. The van der Waals surface area contributed by atoms with Gasteiger partial charge in [-0.15, -0.1) is 0 Å². The molecule has 2 nitrogen and oxygen atoms in total. The summed E-state index contributed by atoms with van der Waals surface area (Å²) in [4.78, 5) is 12.2. The predicted molar refractivity (Wildman–Crippen MR) is 46.2 cm³/mol. The molecule has 0 N–H and O–H groups in total. The summed E-state index contributed by atoms with van der Waals surface area (Å²) in [6.45, 7) is 2.21. The number of benzene rings is 1. The van der Waals surface area contributed by atoms with Gasteiger partial charge in [-0.1, -0.05) is 24.3 Å². The van der Waals surface area contributed by atoms with Crippen molar-refractivity contribution in [3.05, 3.63) is 35.4 Å². The molecule has 0 spiro atoms. The molecule has 0 unspecified atom stereocenters. The fraction of sp³-hybridized carbons (Fsp3) is 0.300. The summed E-state index contributed by atoms with van der Waals surface area (Å²) < 4.78 is 0. The van der Waals surface area contributed by atoms with Gasteiger partial charge in [0.05, 0.1) is 6.54 Å². The molecule has 0 saturated carbocycles. The minimum atomic E-state index is 0.425. The predicted octanol–water partition coefficient (Wildman–Crippen LogP) is 1.11. The number of hydrogen-bond acceptors (Lipinski definition) is 2. The second kappa shape index (κ2) is 3.07. The van der Waals surface area contributed by atoms with Crippen LogP contribution in [-0.2, 0) is 17.9 Å². The van der Waals surface area contributed by atoms with Crippen LogP contribution in [0, 0.1) is 0 Å². The van der Waals surface area contributed by atoms with E-state index in [-0.39, 0.29) is 0 Å². The Morgan fingerprint density at radius 3 is 2.33 bits per heavy atom. The van der Waals surface area contributed by atoms with Gasteiger partial charge in [-0.3, -0.25) is 9.69 Å². The zero-order valence-electron chi connectivity index (χ0n) is 6.79. The Labute approximate surface area is 71.8 Å². The molecule has 0 amide bonds. The fourth-order valence-electron chi connectivity index (χ4n) is 1.61. The van der Waals surface area contributed by atoms with Crippen LogP contribution >= 0.6 is 0 Å². The summed E-state index contributed by atoms with van der Waals surface area (Å²) in [5, 5.41) is 0. The lowest BCUT2D eigenvalue weighted by molar-refractivity contribution is 0.320. The molecule has 1 aliphatic heterocycles. The minimum Gasteiger partial charge on any atom is -0.289 e. The van der Waals surface area contributed by atoms with Crippen molar-refractivity contribution in [1.29, 1.82) is 0 Å². The minimum absolute atomic E-state index is 0.425. The highest BCUT2D eigenvalue weighted by molar-refractivity contribution is 5.53. The molecule has 2 rings (SSSR count). The third-order valence-corrected chi connectivity index (χ3v) is 2.19. The van der Waals surface area contributed by atoms with Crippen molar-refractivity contribution in [2.75, 3.05) is 6.54 Å². The average molecular weight is 160 g/mol. The van der Waals surface area contributed by atoms with Crippen molar-refractivity contribution in [2.24, 2.45) is 0 Å². The van der Waals surface area contributed by atoms with Crippen molar-refractivity contribution >= 4 is 6.29 Å². The smallest absolute Gasteiger partial charge is 0.213 e. The maximum absolute atomic E-state index is 10.1. The van der Waals surface area contributed by atoms with Gasteiger partial charge in [0.2, 0.25) is 6.29 Å². The third kappa shape index (κ3) is 1.25. The van der Waals surface area contributed by atoms with Crippen LogP contribution in [0.25, 0.3) is 0 Å². The van der Waals surface area contributed by atoms with E-state index in [1.807, 2.05) is 18.4 Å². The molecule has 1 heterocycles. The molecule has 0 fully saturated rings. The molecule has 0 atom stereocenters. The Morgan fingerprint density at radius 2 is 1.83 bits per heavy atom. The van der Waals surface area contributed by atoms with Crippen LogP contribution in [0.5, 0.6) is 0 Å². The lowest BCUT2D eigenvalue weighted by Gasteiger charge is -2.07. The van der Waals surface area contributed by atoms with Crippen LogP contribution in [-0.4, -0.2) is 17.7 Å². The number of fused-ring (bicyclic) bond motifs is 1. The van der Waals surface area contributed by atoms with E-state index in [0.29, 0.717) is 6.54 Å². The lowest BCUT2D eigenvalue weighted by Crippen LogP contribution is -2.18. The van der Waals surface area contributed by atoms with E-state index in [4.69, 9.17) is 0 Å². The fourth-order valence-corrected chi connectivity index (χ4v) is 1.61. The van der Waals surface area contributed by atoms with E-state index in [0.717, 1.165) is 13.1 Å². The number of rotatable bonds is 2. The molecule has 0 saturated heterocycles. The van der Waals surface area contributed by atoms with Gasteiger partial charge < -0.3 is 0 Å². The largest absolute Gasteiger partial charge is 0.289 e. The number of nitrogens with zero attached hydrogens (tertiary/aromatic N) is 1. The molecular formula is C10H10NO. The summed E-state index contributed by atoms with van der Waals surface area (Å²) in [7, 11) is 0. The lowest BCUT2D eigenvalue weighted by atomic mass is 10.1. The maximum Gasteiger partial charge on any atom is 0.213 e. The summed E-state index contributed by atoms with van der Waals surface area (Å²) in [5.41, 5.74) is 2.68. The normalized spacial score (nSPS) is 16.0. The SMILES string of the molecule is O=[C]CN1Cc2ccccc2C1. The molecule has 0 aliphatic carbocycles. The van der Waals surface area contributed by atoms with E-state index < -0.39 is 0 Å². The second-order valence-corrected chi connectivity index (χ2v) is 3.06. The Hall–Kier alpha value is -1.15. The Bertz CT molecular complexity index is 271. The maximum atomic E-state index is 10.1. The highest BCUT2D eigenvalue weighted by atomic mass is 16.1. The van der Waals surface area contributed by atoms with Crippen LogP contribution in [0.2, 0.25) is 0 Å². The zero-order valence-corrected chi connectivity index (χ0v) is 6.79. The summed E-state index contributed by atoms with van der Waals surface area (Å²) in [6, 6.07) is 8.29. The first kappa shape index (κ1) is 7.50. The van der Waals surface area contributed by atoms with Crippen molar-refractivity contribution in [2.45, 2.75) is 13.1 Å². The van der Waals surface area contributed by atoms with Crippen LogP contribution in [0.3, 0.4) is 0 Å². The van der Waals surface area contributed by atoms with Gasteiger partial charge in [-0.25, -0.2) is 0 Å². The molecule has 1 aromatic carbocycles. The van der Waals surface area contributed by atoms with Crippen LogP contribution in [0.15, 0.2) is 24.3 Å². The first-order valence-corrected chi connectivity index (χ1v) is 4.04. The van der Waals surface area contributed by atoms with Gasteiger partial charge in [-0.2, -0.15) is 0 Å². The Kier molecular flexibility index (Phi) is 1.92. The Morgan fingerprint density at radius 1 is 1.25 bits per heavy atom. The van der Waals surface area contributed by atoms with Gasteiger partial charge in [0.15, 0.2) is 0 Å². The van der Waals surface area contributed by atoms with Crippen molar-refractivity contribution < 1.29 is 4.79 Å². The first-order chi connectivity index (χ1) is 5.90. The quantitative estimate of drug-likeness (QED) is 0.646. The monoisotopic (exact) mass is 160 g/mol. The number of hydrogen-bond donors (Lipinski definition) is 0. The van der Waals surface area contributed by atoms with Crippen LogP contribution in [0.4, 0.5) is 0 Å². The Balaban J connectivity index is 2.16. The molecule has 0 bridgehead atoms. The molecule has 0 aromatic heterocycles. The average Bonchev–Trinajstić information content (AvgIpc) is 2.47. The van der Waals surface area contributed by atoms with Gasteiger partial charge in [0.1, 0.15) is 0 Å². The zero-order chi connectivity index (χ0) is 8.39. The first-order valence-electron chi connectivity index (χ1n) is 4.04. The molecule has 61 valence electrons. The van der Waals surface area contributed by atoms with E-state index in [2.05, 4.69) is 17.0 Å². The highest BCUT2D eigenvalue weighted by Gasteiger charge is 2.16. The standard InChI is InChI=1S/C10H10NO/c12-6-5-11-7-9-3-1-2-4-10(9)8-11/h1-4H,5,7-8H2. The van der Waals surface area contributed by atoms with Crippen LogP contribution < -0.4 is 0 Å². The molecule has 12 heavy (non-hydrogen) atoms. The number of carbonyl (C=O) groups excluding carboxylic acids is 1. The van der Waals surface area contributed by atoms with Crippen LogP contribution in [0.1, 0.15) is 11.1 Å². The van der Waals surface area contributed by atoms with E-state index in [1.54, 1.807) is 0 Å². The third-order valence-electron chi connectivity index (χ3n) is 2.19.